The first-order valence-electron chi connectivity index (χ1n) is 6.27. The van der Waals surface area contributed by atoms with Crippen molar-refractivity contribution >= 4 is 17.3 Å². The maximum atomic E-state index is 11.9. The molecule has 0 aliphatic heterocycles. The second kappa shape index (κ2) is 5.85. The van der Waals surface area contributed by atoms with Crippen LogP contribution in [0.25, 0.3) is 0 Å². The highest BCUT2D eigenvalue weighted by Gasteiger charge is 2.18. The van der Waals surface area contributed by atoms with Crippen LogP contribution in [-0.4, -0.2) is 10.9 Å². The molecule has 1 aromatic heterocycles. The van der Waals surface area contributed by atoms with Gasteiger partial charge in [-0.15, -0.1) is 0 Å². The normalized spacial score (nSPS) is 13.1. The molecule has 1 rings (SSSR count). The van der Waals surface area contributed by atoms with E-state index >= 15 is 0 Å². The predicted octanol–water partition coefficient (Wildman–Crippen LogP) is 3.06. The van der Waals surface area contributed by atoms with Crippen LogP contribution >= 0.6 is 0 Å². The highest BCUT2D eigenvalue weighted by Crippen LogP contribution is 2.26. The lowest BCUT2D eigenvalue weighted by Gasteiger charge is -2.22. The SMILES string of the molecule is CC(CC(=O)Nc1ccncc1N)CC(C)(C)C. The molecule has 0 radical (unpaired) electrons. The van der Waals surface area contributed by atoms with E-state index in [1.165, 1.54) is 6.20 Å². The molecule has 0 bridgehead atoms. The minimum Gasteiger partial charge on any atom is -0.396 e. The molecule has 0 aliphatic carbocycles. The van der Waals surface area contributed by atoms with Crippen LogP contribution < -0.4 is 11.1 Å². The van der Waals surface area contributed by atoms with Gasteiger partial charge in [-0.1, -0.05) is 27.7 Å². The topological polar surface area (TPSA) is 68.0 Å². The molecule has 0 spiro atoms. The molecule has 1 heterocycles. The van der Waals surface area contributed by atoms with E-state index in [0.717, 1.165) is 6.42 Å². The van der Waals surface area contributed by atoms with Crippen molar-refractivity contribution in [3.05, 3.63) is 18.5 Å². The van der Waals surface area contributed by atoms with E-state index in [-0.39, 0.29) is 11.3 Å². The number of pyridine rings is 1. The molecule has 0 fully saturated rings. The molecular weight excluding hydrogens is 226 g/mol. The predicted molar refractivity (Wildman–Crippen MR) is 75.1 cm³/mol. The number of rotatable bonds is 4. The van der Waals surface area contributed by atoms with E-state index in [9.17, 15) is 4.79 Å². The van der Waals surface area contributed by atoms with Crippen LogP contribution in [0.4, 0.5) is 11.4 Å². The van der Waals surface area contributed by atoms with Crippen molar-refractivity contribution in [1.82, 2.24) is 4.98 Å². The van der Waals surface area contributed by atoms with Crippen molar-refractivity contribution in [1.29, 1.82) is 0 Å². The van der Waals surface area contributed by atoms with Crippen LogP contribution in [0, 0.1) is 11.3 Å². The molecule has 4 heteroatoms. The van der Waals surface area contributed by atoms with E-state index < -0.39 is 0 Å². The number of carbonyl (C=O) groups excluding carboxylic acids is 1. The van der Waals surface area contributed by atoms with E-state index in [1.807, 2.05) is 0 Å². The Balaban J connectivity index is 2.50. The Bertz CT molecular complexity index is 410. The fourth-order valence-electron chi connectivity index (χ4n) is 2.16. The number of hydrogen-bond donors (Lipinski definition) is 2. The Morgan fingerprint density at radius 3 is 2.72 bits per heavy atom. The van der Waals surface area contributed by atoms with Gasteiger partial charge >= 0.3 is 0 Å². The molecule has 18 heavy (non-hydrogen) atoms. The fraction of sp³-hybridized carbons (Fsp3) is 0.571. The molecule has 0 aliphatic rings. The summed E-state index contributed by atoms with van der Waals surface area (Å²) in [6, 6.07) is 1.71. The van der Waals surface area contributed by atoms with E-state index in [4.69, 9.17) is 5.73 Å². The van der Waals surface area contributed by atoms with Crippen molar-refractivity contribution in [3.63, 3.8) is 0 Å². The number of nitrogens with zero attached hydrogens (tertiary/aromatic N) is 1. The highest BCUT2D eigenvalue weighted by molar-refractivity contribution is 5.93. The first-order valence-corrected chi connectivity index (χ1v) is 6.27. The van der Waals surface area contributed by atoms with Gasteiger partial charge in [-0.3, -0.25) is 9.78 Å². The molecule has 0 saturated carbocycles. The smallest absolute Gasteiger partial charge is 0.224 e. The van der Waals surface area contributed by atoms with Crippen LogP contribution in [0.2, 0.25) is 0 Å². The zero-order valence-corrected chi connectivity index (χ0v) is 11.7. The molecule has 1 amide bonds. The lowest BCUT2D eigenvalue weighted by atomic mass is 9.84. The van der Waals surface area contributed by atoms with Gasteiger partial charge < -0.3 is 11.1 Å². The lowest BCUT2D eigenvalue weighted by molar-refractivity contribution is -0.117. The van der Waals surface area contributed by atoms with Crippen LogP contribution in [-0.2, 0) is 4.79 Å². The van der Waals surface area contributed by atoms with Crippen LogP contribution in [0.5, 0.6) is 0 Å². The van der Waals surface area contributed by atoms with Crippen molar-refractivity contribution < 1.29 is 4.79 Å². The highest BCUT2D eigenvalue weighted by atomic mass is 16.1. The van der Waals surface area contributed by atoms with Gasteiger partial charge in [0.25, 0.3) is 0 Å². The average molecular weight is 249 g/mol. The van der Waals surface area contributed by atoms with Crippen LogP contribution in [0.15, 0.2) is 18.5 Å². The number of amides is 1. The minimum absolute atomic E-state index is 0.00431. The molecule has 3 N–H and O–H groups in total. The Hall–Kier alpha value is -1.58. The van der Waals surface area contributed by atoms with Crippen LogP contribution in [0.1, 0.15) is 40.5 Å². The zero-order valence-electron chi connectivity index (χ0n) is 11.7. The summed E-state index contributed by atoms with van der Waals surface area (Å²) in [5.74, 6) is 0.359. The van der Waals surface area contributed by atoms with Gasteiger partial charge in [-0.25, -0.2) is 0 Å². The van der Waals surface area contributed by atoms with Gasteiger partial charge in [0.1, 0.15) is 0 Å². The molecule has 1 unspecified atom stereocenters. The number of hydrogen-bond acceptors (Lipinski definition) is 3. The number of carbonyl (C=O) groups is 1. The third-order valence-electron chi connectivity index (χ3n) is 2.62. The molecular formula is C14H23N3O. The first-order chi connectivity index (χ1) is 8.28. The zero-order chi connectivity index (χ0) is 13.8. The number of aromatic nitrogens is 1. The molecule has 100 valence electrons. The summed E-state index contributed by atoms with van der Waals surface area (Å²) in [4.78, 5) is 15.8. The fourth-order valence-corrected chi connectivity index (χ4v) is 2.16. The van der Waals surface area contributed by atoms with Gasteiger partial charge in [0.15, 0.2) is 0 Å². The Kier molecular flexibility index (Phi) is 4.70. The Morgan fingerprint density at radius 2 is 2.17 bits per heavy atom. The molecule has 0 aromatic carbocycles. The third-order valence-corrected chi connectivity index (χ3v) is 2.62. The molecule has 0 saturated heterocycles. The number of nitrogens with one attached hydrogen (secondary N) is 1. The number of anilines is 2. The summed E-state index contributed by atoms with van der Waals surface area (Å²) < 4.78 is 0. The summed E-state index contributed by atoms with van der Waals surface area (Å²) in [6.07, 6.45) is 4.68. The van der Waals surface area contributed by atoms with Crippen LogP contribution in [0.3, 0.4) is 0 Å². The standard InChI is InChI=1S/C14H23N3O/c1-10(8-14(2,3)4)7-13(18)17-12-5-6-16-9-11(12)15/h5-6,9-10H,7-8,15H2,1-4H3,(H,16,17,18). The minimum atomic E-state index is 0.00431. The Morgan fingerprint density at radius 1 is 1.50 bits per heavy atom. The largest absolute Gasteiger partial charge is 0.396 e. The van der Waals surface area contributed by atoms with Crippen molar-refractivity contribution in [2.75, 3.05) is 11.1 Å². The number of nitrogen functional groups attached to an aromatic ring is 1. The van der Waals surface area contributed by atoms with Crippen molar-refractivity contribution in [3.8, 4) is 0 Å². The first kappa shape index (κ1) is 14.5. The van der Waals surface area contributed by atoms with Crippen molar-refractivity contribution in [2.24, 2.45) is 11.3 Å². The summed E-state index contributed by atoms with van der Waals surface area (Å²) >= 11 is 0. The third kappa shape index (κ3) is 5.17. The average Bonchev–Trinajstić information content (AvgIpc) is 2.18. The monoisotopic (exact) mass is 249 g/mol. The van der Waals surface area contributed by atoms with E-state index in [1.54, 1.807) is 12.3 Å². The summed E-state index contributed by atoms with van der Waals surface area (Å²) in [5, 5.41) is 2.82. The van der Waals surface area contributed by atoms with E-state index in [0.29, 0.717) is 23.7 Å². The molecule has 1 aromatic rings. The van der Waals surface area contributed by atoms with Gasteiger partial charge in [0.05, 0.1) is 17.6 Å². The van der Waals surface area contributed by atoms with Gasteiger partial charge in [0, 0.05) is 12.6 Å². The number of nitrogens with two attached hydrogens (primary N) is 1. The second-order valence-corrected chi connectivity index (χ2v) is 6.09. The summed E-state index contributed by atoms with van der Waals surface area (Å²) in [5.41, 5.74) is 7.10. The van der Waals surface area contributed by atoms with E-state index in [2.05, 4.69) is 38.0 Å². The summed E-state index contributed by atoms with van der Waals surface area (Å²) in [6.45, 7) is 8.65. The Labute approximate surface area is 109 Å². The summed E-state index contributed by atoms with van der Waals surface area (Å²) in [7, 11) is 0. The maximum Gasteiger partial charge on any atom is 0.224 e. The molecule has 1 atom stereocenters. The second-order valence-electron chi connectivity index (χ2n) is 6.09. The lowest BCUT2D eigenvalue weighted by Crippen LogP contribution is -2.19. The molecule has 4 nitrogen and oxygen atoms in total. The quantitative estimate of drug-likeness (QED) is 0.861. The van der Waals surface area contributed by atoms with Gasteiger partial charge in [0.2, 0.25) is 5.91 Å². The van der Waals surface area contributed by atoms with Gasteiger partial charge in [-0.2, -0.15) is 0 Å². The maximum absolute atomic E-state index is 11.9. The van der Waals surface area contributed by atoms with Crippen molar-refractivity contribution in [2.45, 2.75) is 40.5 Å². The van der Waals surface area contributed by atoms with Gasteiger partial charge in [-0.05, 0) is 23.8 Å².